The van der Waals surface area contributed by atoms with Crippen LogP contribution in [-0.2, 0) is 0 Å². The van der Waals surface area contributed by atoms with Crippen molar-refractivity contribution in [1.82, 2.24) is 15.0 Å². The zero-order valence-electron chi connectivity index (χ0n) is 13.3. The van der Waals surface area contributed by atoms with Gasteiger partial charge in [-0.15, -0.1) is 0 Å². The van der Waals surface area contributed by atoms with Gasteiger partial charge in [0.05, 0.1) is 6.10 Å². The molecule has 1 aromatic rings. The highest BCUT2D eigenvalue weighted by atomic mass is 16.5. The van der Waals surface area contributed by atoms with Crippen LogP contribution in [0.2, 0.25) is 0 Å². The van der Waals surface area contributed by atoms with Crippen LogP contribution in [0.3, 0.4) is 0 Å². The second-order valence-corrected chi connectivity index (χ2v) is 6.32. The van der Waals surface area contributed by atoms with Crippen LogP contribution in [0.25, 0.3) is 0 Å². The maximum atomic E-state index is 5.69. The maximum absolute atomic E-state index is 5.69. The fraction of sp³-hybridized carbons (Fsp3) is 0.800. The first-order chi connectivity index (χ1) is 10.0. The molecular formula is C15H27N5O. The van der Waals surface area contributed by atoms with Gasteiger partial charge in [0.2, 0.25) is 11.9 Å². The number of nitrogens with zero attached hydrogens (tertiary/aromatic N) is 3. The minimum atomic E-state index is 0.0170. The summed E-state index contributed by atoms with van der Waals surface area (Å²) in [6.45, 7) is 7.07. The van der Waals surface area contributed by atoms with E-state index in [1.165, 1.54) is 25.7 Å². The van der Waals surface area contributed by atoms with E-state index < -0.39 is 0 Å². The van der Waals surface area contributed by atoms with Crippen LogP contribution in [0.5, 0.6) is 6.01 Å². The first-order valence-corrected chi connectivity index (χ1v) is 7.95. The van der Waals surface area contributed by atoms with Crippen molar-refractivity contribution in [3.8, 4) is 6.01 Å². The molecule has 6 heteroatoms. The van der Waals surface area contributed by atoms with Crippen LogP contribution in [0.4, 0.5) is 11.9 Å². The Bertz CT molecular complexity index is 452. The largest absolute Gasteiger partial charge is 0.461 e. The van der Waals surface area contributed by atoms with Gasteiger partial charge in [-0.25, -0.2) is 0 Å². The molecule has 0 aromatic carbocycles. The van der Waals surface area contributed by atoms with Crippen LogP contribution in [0.15, 0.2) is 0 Å². The normalized spacial score (nSPS) is 22.3. The van der Waals surface area contributed by atoms with Crippen molar-refractivity contribution in [3.63, 3.8) is 0 Å². The Morgan fingerprint density at radius 2 is 2.10 bits per heavy atom. The number of nitrogen functional groups attached to an aromatic ring is 1. The Balaban J connectivity index is 1.83. The Morgan fingerprint density at radius 3 is 2.81 bits per heavy atom. The summed E-state index contributed by atoms with van der Waals surface area (Å²) in [6.07, 6.45) is 6.58. The van der Waals surface area contributed by atoms with Gasteiger partial charge in [0.15, 0.2) is 0 Å². The molecular weight excluding hydrogens is 266 g/mol. The van der Waals surface area contributed by atoms with Crippen molar-refractivity contribution in [2.75, 3.05) is 17.6 Å². The molecule has 0 radical (unpaired) electrons. The molecule has 2 rings (SSSR count). The molecule has 0 spiro atoms. The van der Waals surface area contributed by atoms with Gasteiger partial charge in [0.25, 0.3) is 0 Å². The van der Waals surface area contributed by atoms with Gasteiger partial charge in [0, 0.05) is 6.54 Å². The number of anilines is 2. The van der Waals surface area contributed by atoms with Gasteiger partial charge in [-0.3, -0.25) is 0 Å². The van der Waals surface area contributed by atoms with Crippen molar-refractivity contribution < 1.29 is 4.74 Å². The standard InChI is InChI=1S/C15H27N5O/c1-10(2)21-15-19-13(16)18-14(20-15)17-8-7-12-6-4-5-11(3)9-12/h10-12H,4-9H2,1-3H3,(H3,16,17,18,19,20). The van der Waals surface area contributed by atoms with E-state index in [9.17, 15) is 0 Å². The highest BCUT2D eigenvalue weighted by Gasteiger charge is 2.18. The van der Waals surface area contributed by atoms with Crippen molar-refractivity contribution in [1.29, 1.82) is 0 Å². The molecule has 1 saturated carbocycles. The second kappa shape index (κ2) is 7.43. The van der Waals surface area contributed by atoms with Crippen LogP contribution in [0.1, 0.15) is 52.9 Å². The van der Waals surface area contributed by atoms with Gasteiger partial charge in [0.1, 0.15) is 0 Å². The molecule has 1 aliphatic rings. The average molecular weight is 293 g/mol. The Kier molecular flexibility index (Phi) is 5.59. The molecule has 1 aromatic heterocycles. The van der Waals surface area contributed by atoms with E-state index in [1.807, 2.05) is 13.8 Å². The predicted octanol–water partition coefficient (Wildman–Crippen LogP) is 2.87. The fourth-order valence-electron chi connectivity index (χ4n) is 2.92. The highest BCUT2D eigenvalue weighted by Crippen LogP contribution is 2.30. The number of aromatic nitrogens is 3. The molecule has 6 nitrogen and oxygen atoms in total. The molecule has 1 heterocycles. The highest BCUT2D eigenvalue weighted by molar-refractivity contribution is 5.32. The smallest absolute Gasteiger partial charge is 0.323 e. The number of nitrogens with one attached hydrogen (secondary N) is 1. The van der Waals surface area contributed by atoms with Gasteiger partial charge < -0.3 is 15.8 Å². The number of hydrogen-bond acceptors (Lipinski definition) is 6. The van der Waals surface area contributed by atoms with Gasteiger partial charge in [-0.1, -0.05) is 26.2 Å². The summed E-state index contributed by atoms with van der Waals surface area (Å²) in [5, 5.41) is 3.24. The summed E-state index contributed by atoms with van der Waals surface area (Å²) in [5.41, 5.74) is 5.69. The van der Waals surface area contributed by atoms with E-state index in [2.05, 4.69) is 27.2 Å². The van der Waals surface area contributed by atoms with Crippen molar-refractivity contribution >= 4 is 11.9 Å². The van der Waals surface area contributed by atoms with Crippen LogP contribution < -0.4 is 15.8 Å². The molecule has 0 amide bonds. The summed E-state index contributed by atoms with van der Waals surface area (Å²) in [7, 11) is 0. The number of nitrogens with two attached hydrogens (primary N) is 1. The lowest BCUT2D eigenvalue weighted by Gasteiger charge is -2.26. The summed E-state index contributed by atoms with van der Waals surface area (Å²) >= 11 is 0. The zero-order chi connectivity index (χ0) is 15.2. The van der Waals surface area contributed by atoms with E-state index in [0.29, 0.717) is 5.95 Å². The number of hydrogen-bond donors (Lipinski definition) is 2. The first kappa shape index (κ1) is 15.8. The summed E-state index contributed by atoms with van der Waals surface area (Å²) in [6, 6.07) is 0.284. The molecule has 3 N–H and O–H groups in total. The summed E-state index contributed by atoms with van der Waals surface area (Å²) in [4.78, 5) is 12.3. The van der Waals surface area contributed by atoms with Crippen molar-refractivity contribution in [2.45, 2.75) is 59.0 Å². The van der Waals surface area contributed by atoms with E-state index in [4.69, 9.17) is 10.5 Å². The van der Waals surface area contributed by atoms with Gasteiger partial charge in [-0.2, -0.15) is 15.0 Å². The minimum absolute atomic E-state index is 0.0170. The first-order valence-electron chi connectivity index (χ1n) is 7.95. The summed E-state index contributed by atoms with van der Waals surface area (Å²) in [5.74, 6) is 2.37. The molecule has 0 bridgehead atoms. The summed E-state index contributed by atoms with van der Waals surface area (Å²) < 4.78 is 5.46. The zero-order valence-corrected chi connectivity index (χ0v) is 13.3. The van der Waals surface area contributed by atoms with Crippen LogP contribution in [-0.4, -0.2) is 27.6 Å². The van der Waals surface area contributed by atoms with Crippen molar-refractivity contribution in [3.05, 3.63) is 0 Å². The van der Waals surface area contributed by atoms with E-state index in [0.717, 1.165) is 24.8 Å². The third-order valence-electron chi connectivity index (χ3n) is 3.85. The molecule has 21 heavy (non-hydrogen) atoms. The number of rotatable bonds is 6. The predicted molar refractivity (Wildman–Crippen MR) is 84.2 cm³/mol. The lowest BCUT2D eigenvalue weighted by Crippen LogP contribution is -2.18. The van der Waals surface area contributed by atoms with Gasteiger partial charge in [-0.05, 0) is 38.5 Å². The van der Waals surface area contributed by atoms with Crippen LogP contribution in [0, 0.1) is 11.8 Å². The van der Waals surface area contributed by atoms with E-state index in [-0.39, 0.29) is 18.1 Å². The Labute approximate surface area is 126 Å². The third kappa shape index (κ3) is 5.36. The Hall–Kier alpha value is -1.59. The van der Waals surface area contributed by atoms with Crippen LogP contribution >= 0.6 is 0 Å². The number of ether oxygens (including phenoxy) is 1. The topological polar surface area (TPSA) is 86.0 Å². The molecule has 0 aliphatic heterocycles. The Morgan fingerprint density at radius 1 is 1.29 bits per heavy atom. The lowest BCUT2D eigenvalue weighted by atomic mass is 9.81. The van der Waals surface area contributed by atoms with E-state index in [1.54, 1.807) is 0 Å². The SMILES string of the molecule is CC1CCCC(CCNc2nc(N)nc(OC(C)C)n2)C1. The minimum Gasteiger partial charge on any atom is -0.461 e. The quantitative estimate of drug-likeness (QED) is 0.838. The fourth-order valence-corrected chi connectivity index (χ4v) is 2.92. The molecule has 1 fully saturated rings. The second-order valence-electron chi connectivity index (χ2n) is 6.32. The molecule has 2 atom stereocenters. The maximum Gasteiger partial charge on any atom is 0.323 e. The third-order valence-corrected chi connectivity index (χ3v) is 3.85. The lowest BCUT2D eigenvalue weighted by molar-refractivity contribution is 0.222. The average Bonchev–Trinajstić information content (AvgIpc) is 2.37. The molecule has 1 aliphatic carbocycles. The molecule has 2 unspecified atom stereocenters. The monoisotopic (exact) mass is 293 g/mol. The van der Waals surface area contributed by atoms with Gasteiger partial charge >= 0.3 is 6.01 Å². The molecule has 0 saturated heterocycles. The molecule has 118 valence electrons. The van der Waals surface area contributed by atoms with E-state index >= 15 is 0 Å². The van der Waals surface area contributed by atoms with Crippen molar-refractivity contribution in [2.24, 2.45) is 11.8 Å².